The maximum absolute atomic E-state index is 5.74. The lowest BCUT2D eigenvalue weighted by molar-refractivity contribution is 0.211. The van der Waals surface area contributed by atoms with Crippen molar-refractivity contribution in [1.29, 1.82) is 0 Å². The molecule has 0 amide bonds. The van der Waals surface area contributed by atoms with Crippen molar-refractivity contribution in [1.82, 2.24) is 5.32 Å². The predicted octanol–water partition coefficient (Wildman–Crippen LogP) is 3.18. The molecule has 0 radical (unpaired) electrons. The van der Waals surface area contributed by atoms with E-state index >= 15 is 0 Å². The molecule has 0 atom stereocenters. The first-order valence-corrected chi connectivity index (χ1v) is 7.36. The van der Waals surface area contributed by atoms with E-state index in [0.29, 0.717) is 13.2 Å². The van der Waals surface area contributed by atoms with Crippen LogP contribution in [-0.2, 0) is 6.54 Å². The van der Waals surface area contributed by atoms with Gasteiger partial charge < -0.3 is 19.5 Å². The van der Waals surface area contributed by atoms with Gasteiger partial charge in [-0.3, -0.25) is 0 Å². The van der Waals surface area contributed by atoms with Crippen LogP contribution in [0.1, 0.15) is 11.1 Å². The first kappa shape index (κ1) is 16.2. The molecule has 0 aliphatic rings. The van der Waals surface area contributed by atoms with Crippen LogP contribution >= 0.6 is 0 Å². The number of hydrogen-bond acceptors (Lipinski definition) is 4. The van der Waals surface area contributed by atoms with Gasteiger partial charge in [0.15, 0.2) is 11.5 Å². The number of nitrogens with one attached hydrogen (secondary N) is 1. The molecule has 0 spiro atoms. The van der Waals surface area contributed by atoms with Crippen molar-refractivity contribution >= 4 is 0 Å². The van der Waals surface area contributed by atoms with Gasteiger partial charge in [0, 0.05) is 6.54 Å². The molecule has 0 aromatic heterocycles. The molecule has 2 aromatic carbocycles. The Balaban J connectivity index is 1.84. The second-order valence-electron chi connectivity index (χ2n) is 5.03. The summed E-state index contributed by atoms with van der Waals surface area (Å²) in [6.07, 6.45) is 0. The quantitative estimate of drug-likeness (QED) is 0.760. The molecule has 4 nitrogen and oxygen atoms in total. The Morgan fingerprint density at radius 3 is 2.32 bits per heavy atom. The molecule has 4 heteroatoms. The van der Waals surface area contributed by atoms with E-state index < -0.39 is 0 Å². The number of aryl methyl sites for hydroxylation is 1. The van der Waals surface area contributed by atoms with Crippen molar-refractivity contribution in [3.8, 4) is 17.2 Å². The minimum Gasteiger partial charge on any atom is -0.493 e. The summed E-state index contributed by atoms with van der Waals surface area (Å²) < 4.78 is 16.7. The molecule has 2 aromatic rings. The van der Waals surface area contributed by atoms with Crippen LogP contribution in [0.2, 0.25) is 0 Å². The Morgan fingerprint density at radius 2 is 1.64 bits per heavy atom. The molecule has 0 bridgehead atoms. The van der Waals surface area contributed by atoms with Gasteiger partial charge in [0.2, 0.25) is 0 Å². The maximum atomic E-state index is 5.74. The van der Waals surface area contributed by atoms with Gasteiger partial charge in [-0.2, -0.15) is 0 Å². The summed E-state index contributed by atoms with van der Waals surface area (Å²) in [4.78, 5) is 0. The first-order chi connectivity index (χ1) is 10.7. The highest BCUT2D eigenvalue weighted by molar-refractivity contribution is 5.43. The highest BCUT2D eigenvalue weighted by Crippen LogP contribution is 2.28. The normalized spacial score (nSPS) is 10.3. The Morgan fingerprint density at radius 1 is 0.909 bits per heavy atom. The minimum absolute atomic E-state index is 0.468. The SMILES string of the molecule is CNCc1ccc(OCCOc2ccc(C)cc2)c(OC)c1. The lowest BCUT2D eigenvalue weighted by Gasteiger charge is -2.13. The van der Waals surface area contributed by atoms with Crippen molar-refractivity contribution < 1.29 is 14.2 Å². The van der Waals surface area contributed by atoms with Gasteiger partial charge in [0.25, 0.3) is 0 Å². The van der Waals surface area contributed by atoms with E-state index in [-0.39, 0.29) is 0 Å². The summed E-state index contributed by atoms with van der Waals surface area (Å²) in [6.45, 7) is 3.81. The van der Waals surface area contributed by atoms with Crippen LogP contribution in [0.5, 0.6) is 17.2 Å². The average Bonchev–Trinajstić information content (AvgIpc) is 2.54. The van der Waals surface area contributed by atoms with E-state index in [1.54, 1.807) is 7.11 Å². The second kappa shape index (κ2) is 8.29. The number of hydrogen-bond donors (Lipinski definition) is 1. The fourth-order valence-corrected chi connectivity index (χ4v) is 2.09. The third-order valence-electron chi connectivity index (χ3n) is 3.24. The zero-order valence-electron chi connectivity index (χ0n) is 13.4. The summed E-state index contributed by atoms with van der Waals surface area (Å²) >= 11 is 0. The summed E-state index contributed by atoms with van der Waals surface area (Å²) in [7, 11) is 3.56. The third kappa shape index (κ3) is 4.67. The van der Waals surface area contributed by atoms with Crippen molar-refractivity contribution in [3.63, 3.8) is 0 Å². The predicted molar refractivity (Wildman–Crippen MR) is 87.9 cm³/mol. The van der Waals surface area contributed by atoms with Gasteiger partial charge in [-0.1, -0.05) is 23.8 Å². The zero-order chi connectivity index (χ0) is 15.8. The highest BCUT2D eigenvalue weighted by Gasteiger charge is 2.05. The zero-order valence-corrected chi connectivity index (χ0v) is 13.4. The van der Waals surface area contributed by atoms with Gasteiger partial charge >= 0.3 is 0 Å². The summed E-state index contributed by atoms with van der Waals surface area (Å²) in [5.74, 6) is 2.32. The molecular formula is C18H23NO3. The van der Waals surface area contributed by atoms with E-state index in [0.717, 1.165) is 29.4 Å². The maximum Gasteiger partial charge on any atom is 0.161 e. The third-order valence-corrected chi connectivity index (χ3v) is 3.24. The van der Waals surface area contributed by atoms with Crippen LogP contribution in [0.15, 0.2) is 42.5 Å². The topological polar surface area (TPSA) is 39.7 Å². The first-order valence-electron chi connectivity index (χ1n) is 7.36. The highest BCUT2D eigenvalue weighted by atomic mass is 16.5. The number of rotatable bonds is 8. The molecule has 0 fully saturated rings. The van der Waals surface area contributed by atoms with Crippen molar-refractivity contribution in [3.05, 3.63) is 53.6 Å². The van der Waals surface area contributed by atoms with E-state index in [1.165, 1.54) is 5.56 Å². The monoisotopic (exact) mass is 301 g/mol. The largest absolute Gasteiger partial charge is 0.493 e. The Labute approximate surface area is 132 Å². The van der Waals surface area contributed by atoms with Crippen molar-refractivity contribution in [2.24, 2.45) is 0 Å². The molecule has 0 saturated carbocycles. The van der Waals surface area contributed by atoms with Crippen LogP contribution in [0.25, 0.3) is 0 Å². The standard InChI is InChI=1S/C18H23NO3/c1-14-4-7-16(8-5-14)21-10-11-22-17-9-6-15(13-19-2)12-18(17)20-3/h4-9,12,19H,10-11,13H2,1-3H3. The van der Waals surface area contributed by atoms with Crippen molar-refractivity contribution in [2.75, 3.05) is 27.4 Å². The van der Waals surface area contributed by atoms with E-state index in [2.05, 4.69) is 12.2 Å². The van der Waals surface area contributed by atoms with E-state index in [4.69, 9.17) is 14.2 Å². The fraction of sp³-hybridized carbons (Fsp3) is 0.333. The summed E-state index contributed by atoms with van der Waals surface area (Å²) in [6, 6.07) is 13.9. The van der Waals surface area contributed by atoms with Crippen molar-refractivity contribution in [2.45, 2.75) is 13.5 Å². The Bertz CT molecular complexity index is 581. The molecule has 0 heterocycles. The van der Waals surface area contributed by atoms with Gasteiger partial charge in [0.05, 0.1) is 7.11 Å². The minimum atomic E-state index is 0.468. The van der Waals surface area contributed by atoms with E-state index in [9.17, 15) is 0 Å². The van der Waals surface area contributed by atoms with Crippen LogP contribution in [0, 0.1) is 6.92 Å². The van der Waals surface area contributed by atoms with Crippen LogP contribution in [-0.4, -0.2) is 27.4 Å². The van der Waals surface area contributed by atoms with Gasteiger partial charge in [-0.05, 0) is 43.8 Å². The molecule has 0 aliphatic heterocycles. The average molecular weight is 301 g/mol. The van der Waals surface area contributed by atoms with Crippen LogP contribution in [0.4, 0.5) is 0 Å². The summed E-state index contributed by atoms with van der Waals surface area (Å²) in [5, 5.41) is 3.11. The lowest BCUT2D eigenvalue weighted by atomic mass is 10.2. The molecule has 0 saturated heterocycles. The summed E-state index contributed by atoms with van der Waals surface area (Å²) in [5.41, 5.74) is 2.37. The van der Waals surface area contributed by atoms with Gasteiger partial charge in [0.1, 0.15) is 19.0 Å². The second-order valence-corrected chi connectivity index (χ2v) is 5.03. The molecule has 1 N–H and O–H groups in total. The molecule has 2 rings (SSSR count). The molecule has 0 unspecified atom stereocenters. The fourth-order valence-electron chi connectivity index (χ4n) is 2.09. The van der Waals surface area contributed by atoms with Crippen LogP contribution in [0.3, 0.4) is 0 Å². The smallest absolute Gasteiger partial charge is 0.161 e. The molecule has 22 heavy (non-hydrogen) atoms. The molecule has 0 aliphatic carbocycles. The number of benzene rings is 2. The van der Waals surface area contributed by atoms with Gasteiger partial charge in [-0.25, -0.2) is 0 Å². The van der Waals surface area contributed by atoms with Gasteiger partial charge in [-0.15, -0.1) is 0 Å². The molecule has 118 valence electrons. The Kier molecular flexibility index (Phi) is 6.10. The van der Waals surface area contributed by atoms with E-state index in [1.807, 2.05) is 49.5 Å². The number of methoxy groups -OCH3 is 1. The van der Waals surface area contributed by atoms with Crippen LogP contribution < -0.4 is 19.5 Å². The molecular weight excluding hydrogens is 278 g/mol. The Hall–Kier alpha value is -2.20. The lowest BCUT2D eigenvalue weighted by Crippen LogP contribution is -2.10. The number of ether oxygens (including phenoxy) is 3.